The molecule has 16 heavy (non-hydrogen) atoms. The average molecular weight is 231 g/mol. The van der Waals surface area contributed by atoms with E-state index in [-0.39, 0.29) is 0 Å². The Labute approximate surface area is 101 Å². The minimum atomic E-state index is 0.639. The maximum atomic E-state index is 5.60. The molecule has 3 heteroatoms. The van der Waals surface area contributed by atoms with Crippen LogP contribution in [0.2, 0.25) is 0 Å². The molecule has 0 heterocycles. The van der Waals surface area contributed by atoms with Gasteiger partial charge in [0, 0.05) is 26.9 Å². The first-order chi connectivity index (χ1) is 7.70. The van der Waals surface area contributed by atoms with Crippen molar-refractivity contribution in [2.75, 3.05) is 40.0 Å². The molecular formula is C13H29NO2. The van der Waals surface area contributed by atoms with Crippen LogP contribution in [0.15, 0.2) is 0 Å². The van der Waals surface area contributed by atoms with Gasteiger partial charge in [-0.15, -0.1) is 0 Å². The van der Waals surface area contributed by atoms with Crippen LogP contribution in [-0.4, -0.2) is 40.0 Å². The fourth-order valence-corrected chi connectivity index (χ4v) is 1.50. The molecule has 3 nitrogen and oxygen atoms in total. The van der Waals surface area contributed by atoms with Gasteiger partial charge in [-0.05, 0) is 24.8 Å². The second-order valence-corrected chi connectivity index (χ2v) is 4.73. The molecule has 1 N–H and O–H groups in total. The van der Waals surface area contributed by atoms with Crippen molar-refractivity contribution in [3.63, 3.8) is 0 Å². The number of nitrogens with one attached hydrogen (secondary N) is 1. The van der Waals surface area contributed by atoms with Crippen LogP contribution in [0.3, 0.4) is 0 Å². The summed E-state index contributed by atoms with van der Waals surface area (Å²) in [4.78, 5) is 0. The fourth-order valence-electron chi connectivity index (χ4n) is 1.50. The molecular weight excluding hydrogens is 202 g/mol. The average Bonchev–Trinajstić information content (AvgIpc) is 2.26. The number of hydrogen-bond donors (Lipinski definition) is 1. The molecule has 0 aliphatic heterocycles. The predicted molar refractivity (Wildman–Crippen MR) is 68.8 cm³/mol. The third-order valence-electron chi connectivity index (χ3n) is 2.61. The number of rotatable bonds is 11. The molecule has 1 atom stereocenters. The van der Waals surface area contributed by atoms with E-state index in [1.54, 1.807) is 7.11 Å². The van der Waals surface area contributed by atoms with E-state index in [1.165, 1.54) is 6.42 Å². The Morgan fingerprint density at radius 3 is 2.50 bits per heavy atom. The van der Waals surface area contributed by atoms with Crippen LogP contribution in [0.25, 0.3) is 0 Å². The minimum Gasteiger partial charge on any atom is -0.383 e. The van der Waals surface area contributed by atoms with Gasteiger partial charge in [0.1, 0.15) is 0 Å². The van der Waals surface area contributed by atoms with Gasteiger partial charge in [-0.3, -0.25) is 0 Å². The van der Waals surface area contributed by atoms with Crippen molar-refractivity contribution >= 4 is 0 Å². The van der Waals surface area contributed by atoms with Crippen molar-refractivity contribution in [3.8, 4) is 0 Å². The van der Waals surface area contributed by atoms with Crippen LogP contribution in [0.1, 0.15) is 33.6 Å². The summed E-state index contributed by atoms with van der Waals surface area (Å²) < 4.78 is 10.6. The van der Waals surface area contributed by atoms with Gasteiger partial charge >= 0.3 is 0 Å². The number of methoxy groups -OCH3 is 1. The van der Waals surface area contributed by atoms with Crippen molar-refractivity contribution in [2.24, 2.45) is 11.8 Å². The smallest absolute Gasteiger partial charge is 0.0587 e. The standard InChI is InChI=1S/C13H29NO2/c1-5-13(10-14-7-9-15-4)6-8-16-11-12(2)3/h12-14H,5-11H2,1-4H3. The van der Waals surface area contributed by atoms with Crippen LogP contribution in [0.4, 0.5) is 0 Å². The van der Waals surface area contributed by atoms with Crippen LogP contribution < -0.4 is 5.32 Å². The fraction of sp³-hybridized carbons (Fsp3) is 1.00. The van der Waals surface area contributed by atoms with E-state index in [2.05, 4.69) is 26.1 Å². The van der Waals surface area contributed by atoms with Crippen molar-refractivity contribution < 1.29 is 9.47 Å². The molecule has 0 bridgehead atoms. The van der Waals surface area contributed by atoms with E-state index >= 15 is 0 Å². The largest absolute Gasteiger partial charge is 0.383 e. The number of hydrogen-bond acceptors (Lipinski definition) is 3. The summed E-state index contributed by atoms with van der Waals surface area (Å²) in [5.41, 5.74) is 0. The minimum absolute atomic E-state index is 0.639. The Balaban J connectivity index is 3.36. The van der Waals surface area contributed by atoms with Crippen LogP contribution in [0, 0.1) is 11.8 Å². The lowest BCUT2D eigenvalue weighted by Gasteiger charge is -2.16. The molecule has 0 saturated heterocycles. The summed E-state index contributed by atoms with van der Waals surface area (Å²) in [7, 11) is 1.73. The monoisotopic (exact) mass is 231 g/mol. The van der Waals surface area contributed by atoms with Gasteiger partial charge in [0.2, 0.25) is 0 Å². The lowest BCUT2D eigenvalue weighted by atomic mass is 10.0. The molecule has 0 aromatic rings. The van der Waals surface area contributed by atoms with Crippen LogP contribution in [0.5, 0.6) is 0 Å². The molecule has 0 rings (SSSR count). The van der Waals surface area contributed by atoms with Gasteiger partial charge in [0.05, 0.1) is 6.61 Å². The SMILES string of the molecule is CCC(CCOCC(C)C)CNCCOC. The zero-order chi connectivity index (χ0) is 12.2. The van der Waals surface area contributed by atoms with Gasteiger partial charge < -0.3 is 14.8 Å². The number of ether oxygens (including phenoxy) is 2. The summed E-state index contributed by atoms with van der Waals surface area (Å²) in [6, 6.07) is 0. The molecule has 0 aromatic carbocycles. The Bertz CT molecular complexity index is 140. The molecule has 0 radical (unpaired) electrons. The van der Waals surface area contributed by atoms with E-state index in [0.717, 1.165) is 45.2 Å². The molecule has 98 valence electrons. The second kappa shape index (κ2) is 11.4. The zero-order valence-electron chi connectivity index (χ0n) is 11.4. The summed E-state index contributed by atoms with van der Waals surface area (Å²) >= 11 is 0. The van der Waals surface area contributed by atoms with Gasteiger partial charge in [-0.1, -0.05) is 27.2 Å². The molecule has 0 aliphatic carbocycles. The van der Waals surface area contributed by atoms with Crippen LogP contribution in [-0.2, 0) is 9.47 Å². The van der Waals surface area contributed by atoms with E-state index in [4.69, 9.17) is 9.47 Å². The normalized spacial score (nSPS) is 13.3. The second-order valence-electron chi connectivity index (χ2n) is 4.73. The Morgan fingerprint density at radius 2 is 1.94 bits per heavy atom. The van der Waals surface area contributed by atoms with Gasteiger partial charge in [0.15, 0.2) is 0 Å². The Morgan fingerprint density at radius 1 is 1.19 bits per heavy atom. The van der Waals surface area contributed by atoms with Gasteiger partial charge in [-0.25, -0.2) is 0 Å². The summed E-state index contributed by atoms with van der Waals surface area (Å²) in [5, 5.41) is 3.41. The molecule has 0 fully saturated rings. The highest BCUT2D eigenvalue weighted by atomic mass is 16.5. The zero-order valence-corrected chi connectivity index (χ0v) is 11.4. The first-order valence-electron chi connectivity index (χ1n) is 6.48. The highest BCUT2D eigenvalue weighted by molar-refractivity contribution is 4.60. The maximum absolute atomic E-state index is 5.60. The third kappa shape index (κ3) is 10.4. The first kappa shape index (κ1) is 15.9. The van der Waals surface area contributed by atoms with Crippen molar-refractivity contribution in [2.45, 2.75) is 33.6 Å². The quantitative estimate of drug-likeness (QED) is 0.554. The molecule has 1 unspecified atom stereocenters. The van der Waals surface area contributed by atoms with Crippen molar-refractivity contribution in [1.29, 1.82) is 0 Å². The van der Waals surface area contributed by atoms with Gasteiger partial charge in [-0.2, -0.15) is 0 Å². The molecule has 0 aromatic heterocycles. The Hall–Kier alpha value is -0.120. The summed E-state index contributed by atoms with van der Waals surface area (Å²) in [5.74, 6) is 1.36. The molecule has 0 spiro atoms. The van der Waals surface area contributed by atoms with Crippen molar-refractivity contribution in [1.82, 2.24) is 5.32 Å². The lowest BCUT2D eigenvalue weighted by Crippen LogP contribution is -2.26. The van der Waals surface area contributed by atoms with Crippen LogP contribution >= 0.6 is 0 Å². The first-order valence-corrected chi connectivity index (χ1v) is 6.48. The van der Waals surface area contributed by atoms with E-state index in [0.29, 0.717) is 5.92 Å². The highest BCUT2D eigenvalue weighted by Crippen LogP contribution is 2.07. The van der Waals surface area contributed by atoms with E-state index in [9.17, 15) is 0 Å². The Kier molecular flexibility index (Phi) is 11.3. The molecule has 0 saturated carbocycles. The predicted octanol–water partition coefficient (Wildman–Crippen LogP) is 2.31. The molecule has 0 amide bonds. The van der Waals surface area contributed by atoms with Crippen molar-refractivity contribution in [3.05, 3.63) is 0 Å². The third-order valence-corrected chi connectivity index (χ3v) is 2.61. The topological polar surface area (TPSA) is 30.5 Å². The highest BCUT2D eigenvalue weighted by Gasteiger charge is 2.05. The summed E-state index contributed by atoms with van der Waals surface area (Å²) in [6.07, 6.45) is 2.37. The molecule has 0 aliphatic rings. The lowest BCUT2D eigenvalue weighted by molar-refractivity contribution is 0.0968. The summed E-state index contributed by atoms with van der Waals surface area (Å²) in [6.45, 7) is 11.2. The maximum Gasteiger partial charge on any atom is 0.0587 e. The van der Waals surface area contributed by atoms with E-state index < -0.39 is 0 Å². The van der Waals surface area contributed by atoms with E-state index in [1.807, 2.05) is 0 Å². The van der Waals surface area contributed by atoms with Gasteiger partial charge in [0.25, 0.3) is 0 Å².